The highest BCUT2D eigenvalue weighted by Gasteiger charge is 2.14. The minimum absolute atomic E-state index is 0.217. The maximum Gasteiger partial charge on any atom is 0.236 e. The molecule has 0 amide bonds. The normalized spacial score (nSPS) is 11.5. The molecule has 0 bridgehead atoms. The highest BCUT2D eigenvalue weighted by molar-refractivity contribution is 8.13. The van der Waals surface area contributed by atoms with E-state index in [-0.39, 0.29) is 5.75 Å². The van der Waals surface area contributed by atoms with Crippen LogP contribution in [0.2, 0.25) is 0 Å². The molecule has 0 unspecified atom stereocenters. The van der Waals surface area contributed by atoms with E-state index in [9.17, 15) is 8.42 Å². The number of ether oxygens (including phenoxy) is 1. The highest BCUT2D eigenvalue weighted by Crippen LogP contribution is 2.30. The van der Waals surface area contributed by atoms with Gasteiger partial charge in [0, 0.05) is 21.1 Å². The molecule has 0 aliphatic heterocycles. The van der Waals surface area contributed by atoms with Gasteiger partial charge >= 0.3 is 0 Å². The van der Waals surface area contributed by atoms with Crippen molar-refractivity contribution in [2.75, 3.05) is 13.4 Å². The number of hydrogen-bond donors (Lipinski definition) is 0. The summed E-state index contributed by atoms with van der Waals surface area (Å²) >= 11 is 1.56. The van der Waals surface area contributed by atoms with E-state index in [0.717, 1.165) is 10.5 Å². The molecule has 0 aliphatic rings. The molecule has 16 heavy (non-hydrogen) atoms. The Bertz CT molecular complexity index is 483. The van der Waals surface area contributed by atoms with Crippen molar-refractivity contribution in [2.24, 2.45) is 0 Å². The Morgan fingerprint density at radius 3 is 2.50 bits per heavy atom. The number of aryl methyl sites for hydroxylation is 1. The molecular weight excluding hydrogens is 268 g/mol. The van der Waals surface area contributed by atoms with Crippen LogP contribution in [0.4, 0.5) is 0 Å². The van der Waals surface area contributed by atoms with Crippen molar-refractivity contribution in [3.63, 3.8) is 0 Å². The van der Waals surface area contributed by atoms with E-state index in [2.05, 4.69) is 0 Å². The van der Waals surface area contributed by atoms with Crippen LogP contribution >= 0.6 is 22.4 Å². The zero-order valence-corrected chi connectivity index (χ0v) is 11.7. The van der Waals surface area contributed by atoms with Crippen molar-refractivity contribution in [2.45, 2.75) is 17.6 Å². The topological polar surface area (TPSA) is 43.4 Å². The molecule has 3 nitrogen and oxygen atoms in total. The molecule has 1 aromatic rings. The largest absolute Gasteiger partial charge is 0.496 e. The fraction of sp³-hybridized carbons (Fsp3) is 0.400. The molecule has 0 saturated carbocycles. The number of hydrogen-bond acceptors (Lipinski definition) is 4. The van der Waals surface area contributed by atoms with E-state index in [0.29, 0.717) is 11.3 Å². The Morgan fingerprint density at radius 2 is 2.06 bits per heavy atom. The number of methoxy groups -OCH3 is 1. The van der Waals surface area contributed by atoms with E-state index in [1.54, 1.807) is 17.8 Å². The number of thioether (sulfide) groups is 1. The predicted molar refractivity (Wildman–Crippen MR) is 68.0 cm³/mol. The molecule has 6 heteroatoms. The summed E-state index contributed by atoms with van der Waals surface area (Å²) in [5.74, 6) is 0.338. The monoisotopic (exact) mass is 280 g/mol. The number of rotatable bonds is 4. The second kappa shape index (κ2) is 5.29. The molecule has 0 radical (unpaired) electrons. The van der Waals surface area contributed by atoms with Crippen LogP contribution in [-0.4, -0.2) is 21.8 Å². The van der Waals surface area contributed by atoms with Gasteiger partial charge in [-0.05, 0) is 30.9 Å². The number of halogens is 1. The van der Waals surface area contributed by atoms with Gasteiger partial charge in [-0.25, -0.2) is 8.42 Å². The summed E-state index contributed by atoms with van der Waals surface area (Å²) in [6, 6.07) is 3.63. The molecule has 0 N–H and O–H groups in total. The van der Waals surface area contributed by atoms with Crippen LogP contribution in [0, 0.1) is 6.92 Å². The van der Waals surface area contributed by atoms with Crippen LogP contribution in [0.3, 0.4) is 0 Å². The fourth-order valence-electron chi connectivity index (χ4n) is 1.41. The molecule has 0 spiro atoms. The summed E-state index contributed by atoms with van der Waals surface area (Å²) in [7, 11) is 3.19. The average Bonchev–Trinajstić information content (AvgIpc) is 2.18. The van der Waals surface area contributed by atoms with Crippen LogP contribution in [0.1, 0.15) is 11.1 Å². The van der Waals surface area contributed by atoms with Gasteiger partial charge in [-0.3, -0.25) is 0 Å². The van der Waals surface area contributed by atoms with E-state index in [1.165, 1.54) is 7.11 Å². The van der Waals surface area contributed by atoms with Gasteiger partial charge in [0.25, 0.3) is 0 Å². The Kier molecular flexibility index (Phi) is 4.52. The first-order valence-corrected chi connectivity index (χ1v) is 8.21. The fourth-order valence-corrected chi connectivity index (χ4v) is 3.00. The Morgan fingerprint density at radius 1 is 1.44 bits per heavy atom. The molecule has 1 aromatic carbocycles. The van der Waals surface area contributed by atoms with E-state index >= 15 is 0 Å². The van der Waals surface area contributed by atoms with Gasteiger partial charge in [-0.1, -0.05) is 0 Å². The summed E-state index contributed by atoms with van der Waals surface area (Å²) in [6.07, 6.45) is 1.94. The Labute approximate surface area is 105 Å². The zero-order chi connectivity index (χ0) is 12.3. The van der Waals surface area contributed by atoms with Crippen LogP contribution in [0.15, 0.2) is 17.0 Å². The Balaban J connectivity index is 3.25. The van der Waals surface area contributed by atoms with Crippen molar-refractivity contribution in [3.8, 4) is 5.75 Å². The molecular formula is C10H13ClO3S2. The SMILES string of the molecule is COc1cc(C)c(SC)cc1CS(=O)(=O)Cl. The minimum Gasteiger partial charge on any atom is -0.496 e. The molecule has 0 aromatic heterocycles. The lowest BCUT2D eigenvalue weighted by atomic mass is 10.1. The lowest BCUT2D eigenvalue weighted by Gasteiger charge is -2.11. The summed E-state index contributed by atoms with van der Waals surface area (Å²) in [5, 5.41) is 0. The summed E-state index contributed by atoms with van der Waals surface area (Å²) < 4.78 is 27.3. The van der Waals surface area contributed by atoms with Gasteiger partial charge in [0.05, 0.1) is 12.9 Å². The maximum atomic E-state index is 11.1. The van der Waals surface area contributed by atoms with E-state index < -0.39 is 9.05 Å². The molecule has 0 fully saturated rings. The number of benzene rings is 1. The summed E-state index contributed by atoms with van der Waals surface area (Å²) in [6.45, 7) is 1.95. The van der Waals surface area contributed by atoms with Crippen LogP contribution in [-0.2, 0) is 14.8 Å². The lowest BCUT2D eigenvalue weighted by molar-refractivity contribution is 0.410. The van der Waals surface area contributed by atoms with Gasteiger partial charge < -0.3 is 4.74 Å². The molecule has 1 rings (SSSR count). The van der Waals surface area contributed by atoms with Gasteiger partial charge in [0.2, 0.25) is 9.05 Å². The third kappa shape index (κ3) is 3.57. The van der Waals surface area contributed by atoms with Crippen molar-refractivity contribution in [1.82, 2.24) is 0 Å². The van der Waals surface area contributed by atoms with Gasteiger partial charge in [0.1, 0.15) is 5.75 Å². The van der Waals surface area contributed by atoms with Gasteiger partial charge in [-0.15, -0.1) is 11.8 Å². The maximum absolute atomic E-state index is 11.1. The van der Waals surface area contributed by atoms with Crippen molar-refractivity contribution in [3.05, 3.63) is 23.3 Å². The van der Waals surface area contributed by atoms with E-state index in [4.69, 9.17) is 15.4 Å². The molecule has 0 atom stereocenters. The summed E-state index contributed by atoms with van der Waals surface area (Å²) in [5.41, 5.74) is 1.65. The van der Waals surface area contributed by atoms with Crippen LogP contribution < -0.4 is 4.74 Å². The smallest absolute Gasteiger partial charge is 0.236 e. The van der Waals surface area contributed by atoms with Crippen LogP contribution in [0.5, 0.6) is 5.75 Å². The molecule has 90 valence electrons. The molecule has 0 saturated heterocycles. The minimum atomic E-state index is -3.56. The third-order valence-electron chi connectivity index (χ3n) is 2.13. The second-order valence-corrected chi connectivity index (χ2v) is 6.94. The third-order valence-corrected chi connectivity index (χ3v) is 3.99. The van der Waals surface area contributed by atoms with Crippen LogP contribution in [0.25, 0.3) is 0 Å². The van der Waals surface area contributed by atoms with Gasteiger partial charge in [-0.2, -0.15) is 0 Å². The second-order valence-electron chi connectivity index (χ2n) is 3.32. The first-order valence-electron chi connectivity index (χ1n) is 4.51. The predicted octanol–water partition coefficient (Wildman–Crippen LogP) is 2.79. The lowest BCUT2D eigenvalue weighted by Crippen LogP contribution is -2.00. The standard InChI is InChI=1S/C10H13ClO3S2/c1-7-4-9(14-2)8(5-10(7)15-3)6-16(11,12)13/h4-5H,6H2,1-3H3. The first-order chi connectivity index (χ1) is 7.37. The van der Waals surface area contributed by atoms with Crippen molar-refractivity contribution in [1.29, 1.82) is 0 Å². The van der Waals surface area contributed by atoms with E-state index in [1.807, 2.05) is 19.2 Å². The molecule has 0 heterocycles. The molecule has 0 aliphatic carbocycles. The Hall–Kier alpha value is -0.390. The van der Waals surface area contributed by atoms with Crippen molar-refractivity contribution < 1.29 is 13.2 Å². The van der Waals surface area contributed by atoms with Crippen molar-refractivity contribution >= 4 is 31.5 Å². The quantitative estimate of drug-likeness (QED) is 0.628. The highest BCUT2D eigenvalue weighted by atomic mass is 35.7. The van der Waals surface area contributed by atoms with Gasteiger partial charge in [0.15, 0.2) is 0 Å². The zero-order valence-electron chi connectivity index (χ0n) is 9.28. The average molecular weight is 281 g/mol. The first kappa shape index (κ1) is 13.7. The summed E-state index contributed by atoms with van der Waals surface area (Å²) in [4.78, 5) is 1.02.